The topological polar surface area (TPSA) is 96.7 Å². The number of nitrogens with one attached hydrogen (secondary N) is 2. The molecule has 0 unspecified atom stereocenters. The van der Waals surface area contributed by atoms with Gasteiger partial charge in [-0.05, 0) is 26.0 Å². The van der Waals surface area contributed by atoms with Crippen molar-refractivity contribution in [2.45, 2.75) is 19.4 Å². The molecule has 6 nitrogen and oxygen atoms in total. The molecule has 108 valence electrons. The number of H-pyrrole nitrogens is 1. The first-order chi connectivity index (χ1) is 9.97. The van der Waals surface area contributed by atoms with Gasteiger partial charge in [0.05, 0.1) is 34.1 Å². The number of benzene rings is 1. The largest absolute Gasteiger partial charge is 0.397 e. The van der Waals surface area contributed by atoms with Crippen LogP contribution in [0.2, 0.25) is 0 Å². The lowest BCUT2D eigenvalue weighted by molar-refractivity contribution is 0.605. The van der Waals surface area contributed by atoms with Gasteiger partial charge in [0.25, 0.3) is 5.56 Å². The van der Waals surface area contributed by atoms with Crippen LogP contribution in [0.25, 0.3) is 10.9 Å². The Morgan fingerprint density at radius 1 is 1.33 bits per heavy atom. The normalized spacial score (nSPS) is 11.7. The summed E-state index contributed by atoms with van der Waals surface area (Å²) in [7, 11) is 0. The third kappa shape index (κ3) is 2.47. The Morgan fingerprint density at radius 3 is 2.86 bits per heavy atom. The van der Waals surface area contributed by atoms with Gasteiger partial charge in [-0.2, -0.15) is 0 Å². The van der Waals surface area contributed by atoms with Crippen molar-refractivity contribution >= 4 is 33.6 Å². The second-order valence-corrected chi connectivity index (χ2v) is 6.17. The highest BCUT2D eigenvalue weighted by Gasteiger charge is 2.24. The van der Waals surface area contributed by atoms with E-state index < -0.39 is 0 Å². The van der Waals surface area contributed by atoms with Crippen molar-refractivity contribution in [1.82, 2.24) is 15.0 Å². The lowest BCUT2D eigenvalue weighted by atomic mass is 10.1. The summed E-state index contributed by atoms with van der Waals surface area (Å²) in [6, 6.07) is 3.43. The maximum atomic E-state index is 11.7. The van der Waals surface area contributed by atoms with Gasteiger partial charge in [-0.3, -0.25) is 4.79 Å². The van der Waals surface area contributed by atoms with Crippen LogP contribution in [0.15, 0.2) is 34.8 Å². The van der Waals surface area contributed by atoms with Crippen molar-refractivity contribution in [2.24, 2.45) is 0 Å². The molecular formula is C14H15N5OS. The zero-order valence-corrected chi connectivity index (χ0v) is 12.5. The molecule has 0 aliphatic carbocycles. The molecule has 1 aromatic carbocycles. The summed E-state index contributed by atoms with van der Waals surface area (Å²) in [6.45, 7) is 4.06. The number of anilines is 2. The minimum Gasteiger partial charge on any atom is -0.397 e. The van der Waals surface area contributed by atoms with Crippen LogP contribution in [-0.2, 0) is 5.54 Å². The maximum Gasteiger partial charge on any atom is 0.258 e. The van der Waals surface area contributed by atoms with Crippen LogP contribution in [0.3, 0.4) is 0 Å². The number of nitrogens with two attached hydrogens (primary N) is 1. The van der Waals surface area contributed by atoms with E-state index in [1.165, 1.54) is 6.33 Å². The fourth-order valence-corrected chi connectivity index (χ4v) is 2.88. The molecule has 0 aliphatic heterocycles. The van der Waals surface area contributed by atoms with Crippen LogP contribution in [0.5, 0.6) is 0 Å². The molecule has 0 radical (unpaired) electrons. The highest BCUT2D eigenvalue weighted by atomic mass is 32.1. The van der Waals surface area contributed by atoms with Crippen LogP contribution in [0.1, 0.15) is 18.9 Å². The van der Waals surface area contributed by atoms with Gasteiger partial charge in [0, 0.05) is 11.6 Å². The lowest BCUT2D eigenvalue weighted by Crippen LogP contribution is -2.28. The summed E-state index contributed by atoms with van der Waals surface area (Å²) in [4.78, 5) is 22.8. The summed E-state index contributed by atoms with van der Waals surface area (Å²) in [5.74, 6) is 0. The zero-order chi connectivity index (χ0) is 15.0. The van der Waals surface area contributed by atoms with Crippen molar-refractivity contribution in [1.29, 1.82) is 0 Å². The highest BCUT2D eigenvalue weighted by Crippen LogP contribution is 2.31. The fraction of sp³-hybridized carbons (Fsp3) is 0.214. The van der Waals surface area contributed by atoms with Gasteiger partial charge in [-0.1, -0.05) is 0 Å². The summed E-state index contributed by atoms with van der Waals surface area (Å²) in [5, 5.41) is 6.74. The number of hydrogen-bond acceptors (Lipinski definition) is 6. The molecule has 2 heterocycles. The predicted octanol–water partition coefficient (Wildman–Crippen LogP) is 2.31. The number of fused-ring (bicyclic) bond motifs is 1. The van der Waals surface area contributed by atoms with E-state index in [1.807, 2.05) is 19.2 Å². The van der Waals surface area contributed by atoms with E-state index in [0.717, 1.165) is 10.7 Å². The maximum absolute atomic E-state index is 11.7. The second-order valence-electron chi connectivity index (χ2n) is 5.28. The van der Waals surface area contributed by atoms with Gasteiger partial charge in [0.1, 0.15) is 5.01 Å². The molecule has 4 N–H and O–H groups in total. The van der Waals surface area contributed by atoms with E-state index in [1.54, 1.807) is 29.7 Å². The Labute approximate surface area is 125 Å². The second kappa shape index (κ2) is 4.85. The standard InChI is InChI=1S/C14H15N5OS/c1-14(2,13-16-3-4-21-13)19-11-6-10-8(5-9(11)15)12(20)18-7-17-10/h3-7,19H,15H2,1-2H3,(H,17,18,20). The Balaban J connectivity index is 2.05. The molecule has 3 rings (SSSR count). The quantitative estimate of drug-likeness (QED) is 0.645. The number of hydrogen-bond donors (Lipinski definition) is 3. The van der Waals surface area contributed by atoms with Gasteiger partial charge < -0.3 is 16.0 Å². The van der Waals surface area contributed by atoms with Crippen molar-refractivity contribution in [3.05, 3.63) is 45.4 Å². The Kier molecular flexibility index (Phi) is 3.13. The fourth-order valence-electron chi connectivity index (χ4n) is 2.16. The van der Waals surface area contributed by atoms with E-state index in [-0.39, 0.29) is 11.1 Å². The number of thiazole rings is 1. The molecule has 0 aliphatic rings. The van der Waals surface area contributed by atoms with Crippen LogP contribution in [0.4, 0.5) is 11.4 Å². The molecule has 0 atom stereocenters. The Morgan fingerprint density at radius 2 is 2.14 bits per heavy atom. The Bertz CT molecular complexity index is 838. The van der Waals surface area contributed by atoms with E-state index in [4.69, 9.17) is 5.73 Å². The van der Waals surface area contributed by atoms with Gasteiger partial charge in [-0.15, -0.1) is 11.3 Å². The van der Waals surface area contributed by atoms with Crippen molar-refractivity contribution in [3.63, 3.8) is 0 Å². The summed E-state index contributed by atoms with van der Waals surface area (Å²) in [6.07, 6.45) is 3.16. The minimum absolute atomic E-state index is 0.197. The number of aromatic amines is 1. The molecular weight excluding hydrogens is 286 g/mol. The van der Waals surface area contributed by atoms with Crippen LogP contribution < -0.4 is 16.6 Å². The number of rotatable bonds is 3. The van der Waals surface area contributed by atoms with E-state index in [9.17, 15) is 4.79 Å². The van der Waals surface area contributed by atoms with Gasteiger partial charge >= 0.3 is 0 Å². The molecule has 3 aromatic rings. The first kappa shape index (κ1) is 13.6. The summed E-state index contributed by atoms with van der Waals surface area (Å²) >= 11 is 1.58. The average molecular weight is 301 g/mol. The zero-order valence-electron chi connectivity index (χ0n) is 11.7. The van der Waals surface area contributed by atoms with Gasteiger partial charge in [0.15, 0.2) is 0 Å². The summed E-state index contributed by atoms with van der Waals surface area (Å²) in [5.41, 5.74) is 7.34. The molecule has 0 fully saturated rings. The first-order valence-electron chi connectivity index (χ1n) is 6.42. The van der Waals surface area contributed by atoms with Gasteiger partial charge in [-0.25, -0.2) is 9.97 Å². The molecule has 0 bridgehead atoms. The van der Waals surface area contributed by atoms with E-state index in [0.29, 0.717) is 16.6 Å². The van der Waals surface area contributed by atoms with Crippen LogP contribution in [0, 0.1) is 0 Å². The van der Waals surface area contributed by atoms with Crippen LogP contribution >= 0.6 is 11.3 Å². The lowest BCUT2D eigenvalue weighted by Gasteiger charge is -2.26. The van der Waals surface area contributed by atoms with E-state index >= 15 is 0 Å². The monoisotopic (exact) mass is 301 g/mol. The smallest absolute Gasteiger partial charge is 0.258 e. The SMILES string of the molecule is CC(C)(Nc1cc2nc[nH]c(=O)c2cc1N)c1nccs1. The van der Waals surface area contributed by atoms with Crippen molar-refractivity contribution in [3.8, 4) is 0 Å². The average Bonchev–Trinajstić information content (AvgIpc) is 2.95. The van der Waals surface area contributed by atoms with Gasteiger partial charge in [0.2, 0.25) is 0 Å². The van der Waals surface area contributed by atoms with Crippen LogP contribution in [-0.4, -0.2) is 15.0 Å². The molecule has 0 saturated carbocycles. The van der Waals surface area contributed by atoms with E-state index in [2.05, 4.69) is 20.3 Å². The highest BCUT2D eigenvalue weighted by molar-refractivity contribution is 7.09. The minimum atomic E-state index is -0.364. The first-order valence-corrected chi connectivity index (χ1v) is 7.30. The number of aromatic nitrogens is 3. The number of nitrogen functional groups attached to an aromatic ring is 1. The van der Waals surface area contributed by atoms with Crippen molar-refractivity contribution < 1.29 is 0 Å². The molecule has 21 heavy (non-hydrogen) atoms. The summed E-state index contributed by atoms with van der Waals surface area (Å²) < 4.78 is 0. The predicted molar refractivity (Wildman–Crippen MR) is 85.5 cm³/mol. The Hall–Kier alpha value is -2.41. The molecule has 0 amide bonds. The third-order valence-corrected chi connectivity index (χ3v) is 4.32. The molecule has 0 spiro atoms. The third-order valence-electron chi connectivity index (χ3n) is 3.23. The number of nitrogens with zero attached hydrogens (tertiary/aromatic N) is 2. The molecule has 7 heteroatoms. The van der Waals surface area contributed by atoms with Crippen molar-refractivity contribution in [2.75, 3.05) is 11.1 Å². The molecule has 2 aromatic heterocycles. The molecule has 0 saturated heterocycles.